The summed E-state index contributed by atoms with van der Waals surface area (Å²) in [4.78, 5) is 24.8. The Balaban J connectivity index is 2.03. The normalized spacial score (nSPS) is 23.1. The number of carbonyl (C=O) groups excluding carboxylic acids is 1. The number of nitrogens with one attached hydrogen (secondary N) is 1. The number of aryl methyl sites for hydroxylation is 1. The van der Waals surface area contributed by atoms with Gasteiger partial charge in [-0.3, -0.25) is 0 Å². The number of hydrogen-bond donors (Lipinski definition) is 2. The average Bonchev–Trinajstić information content (AvgIpc) is 3.04. The molecule has 1 fully saturated rings. The molecule has 7 nitrogen and oxygen atoms in total. The molecule has 2 N–H and O–H groups in total. The van der Waals surface area contributed by atoms with Crippen LogP contribution in [0.1, 0.15) is 30.9 Å². The van der Waals surface area contributed by atoms with Crippen LogP contribution < -0.4 is 5.32 Å². The molecule has 0 bridgehead atoms. The Hall–Kier alpha value is -2.02. The maximum atomic E-state index is 12.3. The molecule has 1 saturated heterocycles. The van der Waals surface area contributed by atoms with Crippen LogP contribution in [0.5, 0.6) is 0 Å². The van der Waals surface area contributed by atoms with Crippen molar-refractivity contribution < 1.29 is 23.8 Å². The highest BCUT2D eigenvalue weighted by molar-refractivity contribution is 5.83. The second-order valence-corrected chi connectivity index (χ2v) is 5.22. The quantitative estimate of drug-likeness (QED) is 0.879. The van der Waals surface area contributed by atoms with E-state index in [9.17, 15) is 14.7 Å². The van der Waals surface area contributed by atoms with E-state index in [1.54, 1.807) is 13.0 Å². The van der Waals surface area contributed by atoms with Crippen molar-refractivity contribution in [3.63, 3.8) is 0 Å². The number of ether oxygens (including phenoxy) is 1. The Bertz CT molecular complexity index is 527. The van der Waals surface area contributed by atoms with Crippen LogP contribution in [0.15, 0.2) is 16.5 Å². The number of amides is 2. The van der Waals surface area contributed by atoms with Crippen LogP contribution in [-0.2, 0) is 9.53 Å². The maximum Gasteiger partial charge on any atom is 0.326 e. The molecule has 1 aliphatic rings. The fraction of sp³-hybridized carbons (Fsp3) is 0.571. The number of rotatable bonds is 4. The van der Waals surface area contributed by atoms with Crippen molar-refractivity contribution in [2.24, 2.45) is 0 Å². The standard InChI is InChI=1S/C14H20N2O5/c1-8-4-5-12(21-8)9(2)15-14(19)16-7-10(20-3)6-11(16)13(17)18/h4-5,9-11H,6-7H2,1-3H3,(H,15,19)(H,17,18). The Labute approximate surface area is 122 Å². The summed E-state index contributed by atoms with van der Waals surface area (Å²) >= 11 is 0. The van der Waals surface area contributed by atoms with Gasteiger partial charge in [0.05, 0.1) is 12.1 Å². The summed E-state index contributed by atoms with van der Waals surface area (Å²) in [5.74, 6) is 0.372. The zero-order valence-corrected chi connectivity index (χ0v) is 12.3. The van der Waals surface area contributed by atoms with Crippen molar-refractivity contribution in [3.8, 4) is 0 Å². The monoisotopic (exact) mass is 296 g/mol. The van der Waals surface area contributed by atoms with Gasteiger partial charge >= 0.3 is 12.0 Å². The molecule has 1 aromatic rings. The first-order valence-electron chi connectivity index (χ1n) is 6.81. The van der Waals surface area contributed by atoms with E-state index < -0.39 is 18.0 Å². The summed E-state index contributed by atoms with van der Waals surface area (Å²) in [6.45, 7) is 3.88. The minimum atomic E-state index is -1.02. The van der Waals surface area contributed by atoms with Crippen LogP contribution in [0.3, 0.4) is 0 Å². The summed E-state index contributed by atoms with van der Waals surface area (Å²) < 4.78 is 10.6. The summed E-state index contributed by atoms with van der Waals surface area (Å²) in [7, 11) is 1.51. The fourth-order valence-corrected chi connectivity index (χ4v) is 2.45. The van der Waals surface area contributed by atoms with Gasteiger partial charge in [-0.2, -0.15) is 0 Å². The van der Waals surface area contributed by atoms with Crippen LogP contribution in [0.4, 0.5) is 4.79 Å². The van der Waals surface area contributed by atoms with E-state index in [4.69, 9.17) is 9.15 Å². The molecule has 116 valence electrons. The van der Waals surface area contributed by atoms with E-state index in [0.717, 1.165) is 5.76 Å². The minimum Gasteiger partial charge on any atom is -0.480 e. The molecule has 2 amide bonds. The van der Waals surface area contributed by atoms with Gasteiger partial charge in [-0.25, -0.2) is 9.59 Å². The third kappa shape index (κ3) is 3.36. The van der Waals surface area contributed by atoms with Crippen molar-refractivity contribution in [2.45, 2.75) is 38.5 Å². The molecule has 0 spiro atoms. The molecule has 0 aliphatic carbocycles. The molecule has 0 radical (unpaired) electrons. The van der Waals surface area contributed by atoms with E-state index in [1.165, 1.54) is 12.0 Å². The second kappa shape index (κ2) is 6.17. The SMILES string of the molecule is COC1CC(C(=O)O)N(C(=O)NC(C)c2ccc(C)o2)C1. The van der Waals surface area contributed by atoms with E-state index in [-0.39, 0.29) is 18.7 Å². The third-order valence-corrected chi connectivity index (χ3v) is 3.67. The van der Waals surface area contributed by atoms with Crippen molar-refractivity contribution in [2.75, 3.05) is 13.7 Å². The number of urea groups is 1. The van der Waals surface area contributed by atoms with Crippen LogP contribution in [-0.4, -0.2) is 47.8 Å². The smallest absolute Gasteiger partial charge is 0.326 e. The van der Waals surface area contributed by atoms with E-state index in [0.29, 0.717) is 12.2 Å². The largest absolute Gasteiger partial charge is 0.480 e. The number of hydrogen-bond acceptors (Lipinski definition) is 4. The summed E-state index contributed by atoms with van der Waals surface area (Å²) in [6.07, 6.45) is 0.0473. The highest BCUT2D eigenvalue weighted by Crippen LogP contribution is 2.22. The van der Waals surface area contributed by atoms with Crippen LogP contribution >= 0.6 is 0 Å². The molecule has 1 aromatic heterocycles. The second-order valence-electron chi connectivity index (χ2n) is 5.22. The number of methoxy groups -OCH3 is 1. The van der Waals surface area contributed by atoms with Gasteiger partial charge in [0.2, 0.25) is 0 Å². The van der Waals surface area contributed by atoms with Gasteiger partial charge in [0, 0.05) is 20.1 Å². The van der Waals surface area contributed by atoms with Gasteiger partial charge in [-0.1, -0.05) is 0 Å². The Morgan fingerprint density at radius 3 is 2.76 bits per heavy atom. The van der Waals surface area contributed by atoms with E-state index >= 15 is 0 Å². The number of carboxylic acid groups (broad SMARTS) is 1. The molecule has 21 heavy (non-hydrogen) atoms. The molecular formula is C14H20N2O5. The average molecular weight is 296 g/mol. The van der Waals surface area contributed by atoms with Gasteiger partial charge in [-0.05, 0) is 26.0 Å². The first kappa shape index (κ1) is 15.4. The number of nitrogens with zero attached hydrogens (tertiary/aromatic N) is 1. The zero-order chi connectivity index (χ0) is 15.6. The van der Waals surface area contributed by atoms with Crippen molar-refractivity contribution >= 4 is 12.0 Å². The van der Waals surface area contributed by atoms with Crippen LogP contribution in [0.25, 0.3) is 0 Å². The topological polar surface area (TPSA) is 92.0 Å². The number of carbonyl (C=O) groups is 2. The Morgan fingerprint density at radius 2 is 2.24 bits per heavy atom. The third-order valence-electron chi connectivity index (χ3n) is 3.67. The van der Waals surface area contributed by atoms with Gasteiger partial charge in [0.15, 0.2) is 0 Å². The zero-order valence-electron chi connectivity index (χ0n) is 12.3. The van der Waals surface area contributed by atoms with Crippen molar-refractivity contribution in [1.82, 2.24) is 10.2 Å². The van der Waals surface area contributed by atoms with Crippen LogP contribution in [0.2, 0.25) is 0 Å². The molecule has 2 rings (SSSR count). The lowest BCUT2D eigenvalue weighted by Crippen LogP contribution is -2.46. The molecule has 7 heteroatoms. The summed E-state index contributed by atoms with van der Waals surface area (Å²) in [6, 6.07) is 1.98. The fourth-order valence-electron chi connectivity index (χ4n) is 2.45. The summed E-state index contributed by atoms with van der Waals surface area (Å²) in [5, 5.41) is 12.0. The van der Waals surface area contributed by atoms with Crippen LogP contribution in [0, 0.1) is 6.92 Å². The molecule has 3 unspecified atom stereocenters. The lowest BCUT2D eigenvalue weighted by Gasteiger charge is -2.23. The van der Waals surface area contributed by atoms with E-state index in [2.05, 4.69) is 5.32 Å². The van der Waals surface area contributed by atoms with Gasteiger partial charge < -0.3 is 24.5 Å². The highest BCUT2D eigenvalue weighted by atomic mass is 16.5. The molecule has 3 atom stereocenters. The van der Waals surface area contributed by atoms with Gasteiger partial charge in [-0.15, -0.1) is 0 Å². The lowest BCUT2D eigenvalue weighted by atomic mass is 10.2. The molecule has 1 aliphatic heterocycles. The maximum absolute atomic E-state index is 12.3. The van der Waals surface area contributed by atoms with Crippen molar-refractivity contribution in [1.29, 1.82) is 0 Å². The predicted molar refractivity (Wildman–Crippen MR) is 73.9 cm³/mol. The van der Waals surface area contributed by atoms with Crippen molar-refractivity contribution in [3.05, 3.63) is 23.7 Å². The lowest BCUT2D eigenvalue weighted by molar-refractivity contribution is -0.141. The van der Waals surface area contributed by atoms with E-state index in [1.807, 2.05) is 13.0 Å². The minimum absolute atomic E-state index is 0.252. The highest BCUT2D eigenvalue weighted by Gasteiger charge is 2.40. The Kier molecular flexibility index (Phi) is 4.52. The number of likely N-dealkylation sites (tertiary alicyclic amines) is 1. The summed E-state index contributed by atoms with van der Waals surface area (Å²) in [5.41, 5.74) is 0. The predicted octanol–water partition coefficient (Wildman–Crippen LogP) is 1.53. The van der Waals surface area contributed by atoms with Gasteiger partial charge in [0.25, 0.3) is 0 Å². The molecule has 0 aromatic carbocycles. The number of carboxylic acids is 1. The first-order valence-corrected chi connectivity index (χ1v) is 6.81. The van der Waals surface area contributed by atoms with Gasteiger partial charge in [0.1, 0.15) is 17.6 Å². The molecular weight excluding hydrogens is 276 g/mol. The first-order chi connectivity index (χ1) is 9.92. The number of aliphatic carboxylic acids is 1. The molecule has 0 saturated carbocycles. The number of furan rings is 1. The Morgan fingerprint density at radius 1 is 1.52 bits per heavy atom. The molecule has 2 heterocycles.